The Morgan fingerprint density at radius 3 is 2.50 bits per heavy atom. The van der Waals surface area contributed by atoms with E-state index in [0.29, 0.717) is 41.4 Å². The molecule has 4 aromatic rings. The predicted molar refractivity (Wildman–Crippen MR) is 126 cm³/mol. The summed E-state index contributed by atoms with van der Waals surface area (Å²) in [6, 6.07) is 15.5. The van der Waals surface area contributed by atoms with Crippen molar-refractivity contribution in [3.63, 3.8) is 0 Å². The number of amides is 1. The molecule has 1 aliphatic rings. The largest absolute Gasteiger partial charge is 0.497 e. The summed E-state index contributed by atoms with van der Waals surface area (Å²) in [5, 5.41) is 9.07. The van der Waals surface area contributed by atoms with Crippen LogP contribution in [0.4, 0.5) is 0 Å². The maximum absolute atomic E-state index is 13.8. The van der Waals surface area contributed by atoms with Crippen LogP contribution in [0.15, 0.2) is 67.4 Å². The SMILES string of the molecule is COc1ccc(OC)c(-c2nn(-c3ccccc3)cc2C(=O)N2CCC(n3cncn3)CC2)c1. The van der Waals surface area contributed by atoms with Crippen LogP contribution < -0.4 is 9.47 Å². The number of carbonyl (C=O) groups is 1. The zero-order chi connectivity index (χ0) is 23.5. The van der Waals surface area contributed by atoms with Gasteiger partial charge in [-0.3, -0.25) is 4.79 Å². The van der Waals surface area contributed by atoms with Crippen molar-refractivity contribution in [2.75, 3.05) is 27.3 Å². The summed E-state index contributed by atoms with van der Waals surface area (Å²) in [5.41, 5.74) is 2.66. The van der Waals surface area contributed by atoms with Crippen LogP contribution in [0.5, 0.6) is 11.5 Å². The number of nitrogens with zero attached hydrogens (tertiary/aromatic N) is 6. The lowest BCUT2D eigenvalue weighted by atomic mass is 10.0. The van der Waals surface area contributed by atoms with Crippen LogP contribution in [0, 0.1) is 0 Å². The maximum Gasteiger partial charge on any atom is 0.257 e. The molecule has 174 valence electrons. The van der Waals surface area contributed by atoms with Crippen molar-refractivity contribution in [2.45, 2.75) is 18.9 Å². The molecule has 1 amide bonds. The zero-order valence-electron chi connectivity index (χ0n) is 19.2. The van der Waals surface area contributed by atoms with Crippen molar-refractivity contribution in [1.29, 1.82) is 0 Å². The number of carbonyl (C=O) groups excluding carboxylic acids is 1. The summed E-state index contributed by atoms with van der Waals surface area (Å²) in [6.45, 7) is 1.27. The molecule has 0 N–H and O–H groups in total. The minimum atomic E-state index is -0.0564. The Hall–Kier alpha value is -4.14. The van der Waals surface area contributed by atoms with Gasteiger partial charge in [0.05, 0.1) is 31.5 Å². The summed E-state index contributed by atoms with van der Waals surface area (Å²) in [5.74, 6) is 1.23. The molecule has 1 fully saturated rings. The fourth-order valence-electron chi connectivity index (χ4n) is 4.35. The second-order valence-corrected chi connectivity index (χ2v) is 8.14. The van der Waals surface area contributed by atoms with Gasteiger partial charge in [-0.15, -0.1) is 0 Å². The first kappa shape index (κ1) is 21.7. The first-order valence-electron chi connectivity index (χ1n) is 11.2. The monoisotopic (exact) mass is 458 g/mol. The number of piperidine rings is 1. The third kappa shape index (κ3) is 4.12. The molecule has 5 rings (SSSR count). The van der Waals surface area contributed by atoms with Gasteiger partial charge in [-0.25, -0.2) is 14.3 Å². The van der Waals surface area contributed by atoms with E-state index in [9.17, 15) is 4.79 Å². The third-order valence-corrected chi connectivity index (χ3v) is 6.19. The number of ether oxygens (including phenoxy) is 2. The molecule has 0 unspecified atom stereocenters. The normalized spacial score (nSPS) is 14.2. The minimum absolute atomic E-state index is 0.0564. The Morgan fingerprint density at radius 2 is 1.82 bits per heavy atom. The lowest BCUT2D eigenvalue weighted by Gasteiger charge is -2.31. The van der Waals surface area contributed by atoms with Crippen molar-refractivity contribution in [1.82, 2.24) is 29.4 Å². The lowest BCUT2D eigenvalue weighted by molar-refractivity contribution is 0.0690. The fraction of sp³-hybridized carbons (Fsp3) is 0.280. The Kier molecular flexibility index (Phi) is 5.99. The third-order valence-electron chi connectivity index (χ3n) is 6.19. The smallest absolute Gasteiger partial charge is 0.257 e. The molecule has 0 spiro atoms. The van der Waals surface area contributed by atoms with Crippen LogP contribution in [0.3, 0.4) is 0 Å². The molecule has 9 heteroatoms. The van der Waals surface area contributed by atoms with Gasteiger partial charge < -0.3 is 14.4 Å². The molecule has 3 heterocycles. The molecular weight excluding hydrogens is 432 g/mol. The molecule has 9 nitrogen and oxygen atoms in total. The van der Waals surface area contributed by atoms with E-state index in [4.69, 9.17) is 14.6 Å². The highest BCUT2D eigenvalue weighted by atomic mass is 16.5. The Morgan fingerprint density at radius 1 is 1.03 bits per heavy atom. The fourth-order valence-corrected chi connectivity index (χ4v) is 4.35. The van der Waals surface area contributed by atoms with E-state index in [1.54, 1.807) is 37.8 Å². The molecule has 2 aromatic heterocycles. The molecule has 0 aliphatic carbocycles. The second-order valence-electron chi connectivity index (χ2n) is 8.14. The molecule has 0 saturated carbocycles. The Labute approximate surface area is 197 Å². The van der Waals surface area contributed by atoms with Gasteiger partial charge in [-0.05, 0) is 43.2 Å². The van der Waals surface area contributed by atoms with Gasteiger partial charge in [0.25, 0.3) is 5.91 Å². The van der Waals surface area contributed by atoms with Crippen molar-refractivity contribution < 1.29 is 14.3 Å². The quantitative estimate of drug-likeness (QED) is 0.439. The van der Waals surface area contributed by atoms with E-state index in [0.717, 1.165) is 18.5 Å². The zero-order valence-corrected chi connectivity index (χ0v) is 19.2. The lowest BCUT2D eigenvalue weighted by Crippen LogP contribution is -2.39. The van der Waals surface area contributed by atoms with E-state index in [1.165, 1.54) is 0 Å². The first-order chi connectivity index (χ1) is 16.7. The molecule has 0 bridgehead atoms. The van der Waals surface area contributed by atoms with Crippen molar-refractivity contribution in [3.05, 3.63) is 72.9 Å². The molecule has 0 atom stereocenters. The van der Waals surface area contributed by atoms with E-state index in [-0.39, 0.29) is 11.9 Å². The van der Waals surface area contributed by atoms with E-state index in [2.05, 4.69) is 10.1 Å². The van der Waals surface area contributed by atoms with Gasteiger partial charge in [0.1, 0.15) is 29.8 Å². The summed E-state index contributed by atoms with van der Waals surface area (Å²) >= 11 is 0. The maximum atomic E-state index is 13.8. The van der Waals surface area contributed by atoms with Crippen molar-refractivity contribution >= 4 is 5.91 Å². The number of hydrogen-bond acceptors (Lipinski definition) is 6. The highest BCUT2D eigenvalue weighted by Gasteiger charge is 2.29. The van der Waals surface area contributed by atoms with Gasteiger partial charge in [0.15, 0.2) is 0 Å². The number of aromatic nitrogens is 5. The number of methoxy groups -OCH3 is 2. The molecule has 2 aromatic carbocycles. The number of benzene rings is 2. The number of likely N-dealkylation sites (tertiary alicyclic amines) is 1. The molecule has 1 aliphatic heterocycles. The highest BCUT2D eigenvalue weighted by Crippen LogP contribution is 2.36. The summed E-state index contributed by atoms with van der Waals surface area (Å²) in [7, 11) is 3.22. The molecular formula is C25H26N6O3. The Bertz CT molecular complexity index is 1260. The Balaban J connectivity index is 1.51. The second kappa shape index (κ2) is 9.38. The van der Waals surface area contributed by atoms with Crippen LogP contribution in [-0.4, -0.2) is 62.7 Å². The average molecular weight is 459 g/mol. The molecule has 0 radical (unpaired) electrons. The summed E-state index contributed by atoms with van der Waals surface area (Å²) in [4.78, 5) is 19.7. The van der Waals surface area contributed by atoms with Crippen LogP contribution in [0.25, 0.3) is 16.9 Å². The van der Waals surface area contributed by atoms with Gasteiger partial charge in [-0.2, -0.15) is 10.2 Å². The minimum Gasteiger partial charge on any atom is -0.497 e. The average Bonchev–Trinajstić information content (AvgIpc) is 3.59. The molecule has 34 heavy (non-hydrogen) atoms. The van der Waals surface area contributed by atoms with Crippen LogP contribution in [0.1, 0.15) is 29.2 Å². The summed E-state index contributed by atoms with van der Waals surface area (Å²) in [6.07, 6.45) is 6.72. The van der Waals surface area contributed by atoms with Gasteiger partial charge in [0.2, 0.25) is 0 Å². The van der Waals surface area contributed by atoms with E-state index < -0.39 is 0 Å². The van der Waals surface area contributed by atoms with Crippen molar-refractivity contribution in [2.24, 2.45) is 0 Å². The number of para-hydroxylation sites is 1. The standard InChI is InChI=1S/C25H26N6O3/c1-33-20-8-9-23(34-2)21(14-20)24-22(15-30(28-24)18-6-4-3-5-7-18)25(32)29-12-10-19(11-13-29)31-17-26-16-27-31/h3-9,14-17,19H,10-13H2,1-2H3. The van der Waals surface area contributed by atoms with E-state index in [1.807, 2.05) is 58.1 Å². The topological polar surface area (TPSA) is 87.3 Å². The number of rotatable bonds is 6. The molecule has 1 saturated heterocycles. The first-order valence-corrected chi connectivity index (χ1v) is 11.2. The van der Waals surface area contributed by atoms with Crippen LogP contribution >= 0.6 is 0 Å². The van der Waals surface area contributed by atoms with Gasteiger partial charge in [-0.1, -0.05) is 18.2 Å². The highest BCUT2D eigenvalue weighted by molar-refractivity contribution is 6.00. The van der Waals surface area contributed by atoms with Gasteiger partial charge in [0, 0.05) is 24.8 Å². The van der Waals surface area contributed by atoms with Crippen LogP contribution in [0.2, 0.25) is 0 Å². The van der Waals surface area contributed by atoms with Gasteiger partial charge >= 0.3 is 0 Å². The van der Waals surface area contributed by atoms with Crippen molar-refractivity contribution in [3.8, 4) is 28.4 Å². The summed E-state index contributed by atoms with van der Waals surface area (Å²) < 4.78 is 14.7. The van der Waals surface area contributed by atoms with E-state index >= 15 is 0 Å². The van der Waals surface area contributed by atoms with Crippen LogP contribution in [-0.2, 0) is 0 Å². The number of hydrogen-bond donors (Lipinski definition) is 0. The predicted octanol–water partition coefficient (Wildman–Crippen LogP) is 3.63.